The number of furan rings is 1. The topological polar surface area (TPSA) is 26.0 Å². The van der Waals surface area contributed by atoms with Gasteiger partial charge in [-0.1, -0.05) is 29.3 Å². The highest BCUT2D eigenvalue weighted by atomic mass is 35.5. The van der Waals surface area contributed by atoms with E-state index in [9.17, 15) is 0 Å². The van der Waals surface area contributed by atoms with Crippen LogP contribution in [-0.2, 0) is 5.75 Å². The van der Waals surface area contributed by atoms with Crippen molar-refractivity contribution in [2.75, 3.05) is 0 Å². The highest BCUT2D eigenvalue weighted by Gasteiger charge is 2.06. The number of aromatic nitrogens is 1. The predicted octanol–water partition coefficient (Wildman–Crippen LogP) is 4.58. The first-order chi connectivity index (χ1) is 7.66. The summed E-state index contributed by atoms with van der Waals surface area (Å²) in [5.74, 6) is 1.67. The lowest BCUT2D eigenvalue weighted by molar-refractivity contribution is 0.527. The van der Waals surface area contributed by atoms with Gasteiger partial charge >= 0.3 is 0 Å². The lowest BCUT2D eigenvalue weighted by Gasteiger charge is -2.03. The first-order valence-electron chi connectivity index (χ1n) is 4.64. The second-order valence-electron chi connectivity index (χ2n) is 3.21. The molecule has 0 radical (unpaired) electrons. The predicted molar refractivity (Wildman–Crippen MR) is 67.3 cm³/mol. The van der Waals surface area contributed by atoms with Gasteiger partial charge in [-0.3, -0.25) is 0 Å². The number of rotatable bonds is 3. The molecule has 0 amide bonds. The van der Waals surface area contributed by atoms with Crippen molar-refractivity contribution in [3.05, 3.63) is 46.1 Å². The highest BCUT2D eigenvalue weighted by Crippen LogP contribution is 2.29. The Kier molecular flexibility index (Phi) is 3.79. The third kappa shape index (κ3) is 2.73. The number of halogens is 2. The fourth-order valence-corrected chi connectivity index (χ4v) is 2.67. The van der Waals surface area contributed by atoms with Crippen LogP contribution in [0.1, 0.15) is 11.3 Å². The Morgan fingerprint density at radius 2 is 2.12 bits per heavy atom. The van der Waals surface area contributed by atoms with Crippen molar-refractivity contribution >= 4 is 35.0 Å². The molecule has 2 nitrogen and oxygen atoms in total. The van der Waals surface area contributed by atoms with Crippen LogP contribution in [0.5, 0.6) is 0 Å². The molecule has 0 N–H and O–H groups in total. The molecular formula is C11H9Cl2NOS. The molecule has 0 bridgehead atoms. The molecule has 2 aromatic rings. The van der Waals surface area contributed by atoms with Crippen LogP contribution in [0, 0.1) is 6.92 Å². The summed E-state index contributed by atoms with van der Waals surface area (Å²) in [6.45, 7) is 1.93. The van der Waals surface area contributed by atoms with Gasteiger partial charge in [0.2, 0.25) is 0 Å². The Morgan fingerprint density at radius 3 is 2.75 bits per heavy atom. The van der Waals surface area contributed by atoms with Crippen LogP contribution < -0.4 is 0 Å². The van der Waals surface area contributed by atoms with Gasteiger partial charge in [-0.2, -0.15) is 0 Å². The van der Waals surface area contributed by atoms with Crippen LogP contribution in [0.3, 0.4) is 0 Å². The van der Waals surface area contributed by atoms with Crippen molar-refractivity contribution in [1.82, 2.24) is 4.98 Å². The summed E-state index contributed by atoms with van der Waals surface area (Å²) in [5.41, 5.74) is 0.969. The van der Waals surface area contributed by atoms with E-state index in [4.69, 9.17) is 27.6 Å². The first-order valence-corrected chi connectivity index (χ1v) is 6.39. The second-order valence-corrected chi connectivity index (χ2v) is 4.98. The minimum absolute atomic E-state index is 0.415. The molecule has 0 aliphatic heterocycles. The van der Waals surface area contributed by atoms with E-state index >= 15 is 0 Å². The molecule has 0 saturated heterocycles. The number of pyridine rings is 1. The van der Waals surface area contributed by atoms with Crippen LogP contribution in [0.25, 0.3) is 0 Å². The van der Waals surface area contributed by atoms with E-state index < -0.39 is 0 Å². The fraction of sp³-hybridized carbons (Fsp3) is 0.182. The first kappa shape index (κ1) is 11.8. The minimum atomic E-state index is 0.415. The number of hydrogen-bond acceptors (Lipinski definition) is 3. The monoisotopic (exact) mass is 273 g/mol. The molecule has 5 heteroatoms. The SMILES string of the molecule is Cc1occc1SCc1ccc(Cl)nc1Cl. The van der Waals surface area contributed by atoms with Gasteiger partial charge in [0.05, 0.1) is 6.26 Å². The molecule has 0 unspecified atom stereocenters. The molecular weight excluding hydrogens is 265 g/mol. The van der Waals surface area contributed by atoms with Crippen molar-refractivity contribution in [3.63, 3.8) is 0 Å². The van der Waals surface area contributed by atoms with E-state index in [1.54, 1.807) is 24.1 Å². The Morgan fingerprint density at radius 1 is 1.31 bits per heavy atom. The van der Waals surface area contributed by atoms with Gasteiger partial charge in [0.25, 0.3) is 0 Å². The maximum Gasteiger partial charge on any atom is 0.134 e. The standard InChI is InChI=1S/C11H9Cl2NOS/c1-7-9(4-5-15-7)16-6-8-2-3-10(12)14-11(8)13/h2-5H,6H2,1H3. The van der Waals surface area contributed by atoms with Gasteiger partial charge in [0, 0.05) is 10.6 Å². The van der Waals surface area contributed by atoms with Crippen LogP contribution in [-0.4, -0.2) is 4.98 Å². The summed E-state index contributed by atoms with van der Waals surface area (Å²) < 4.78 is 5.21. The molecule has 0 aromatic carbocycles. The van der Waals surface area contributed by atoms with Gasteiger partial charge < -0.3 is 4.42 Å². The van der Waals surface area contributed by atoms with Gasteiger partial charge in [-0.25, -0.2) is 4.98 Å². The zero-order chi connectivity index (χ0) is 11.5. The quantitative estimate of drug-likeness (QED) is 0.605. The van der Waals surface area contributed by atoms with Crippen molar-refractivity contribution < 1.29 is 4.42 Å². The third-order valence-corrected chi connectivity index (χ3v) is 3.81. The second kappa shape index (κ2) is 5.13. The maximum absolute atomic E-state index is 5.98. The molecule has 2 aromatic heterocycles. The lowest BCUT2D eigenvalue weighted by atomic mass is 10.3. The molecule has 2 rings (SSSR count). The number of hydrogen-bond donors (Lipinski definition) is 0. The summed E-state index contributed by atoms with van der Waals surface area (Å²) in [7, 11) is 0. The van der Waals surface area contributed by atoms with Gasteiger partial charge in [0.1, 0.15) is 16.1 Å². The molecule has 0 atom stereocenters. The third-order valence-electron chi connectivity index (χ3n) is 2.09. The summed E-state index contributed by atoms with van der Waals surface area (Å²) in [6.07, 6.45) is 1.68. The Hall–Kier alpha value is -0.640. The van der Waals surface area contributed by atoms with E-state index in [0.29, 0.717) is 10.3 Å². The molecule has 16 heavy (non-hydrogen) atoms. The summed E-state index contributed by atoms with van der Waals surface area (Å²) in [4.78, 5) is 5.11. The van der Waals surface area contributed by atoms with Crippen LogP contribution in [0.2, 0.25) is 10.3 Å². The Labute approximate surface area is 108 Å². The number of aryl methyl sites for hydroxylation is 1. The van der Waals surface area contributed by atoms with Crippen molar-refractivity contribution in [1.29, 1.82) is 0 Å². The lowest BCUT2D eigenvalue weighted by Crippen LogP contribution is -1.86. The van der Waals surface area contributed by atoms with Gasteiger partial charge in [-0.15, -0.1) is 11.8 Å². The normalized spacial score (nSPS) is 10.7. The Bertz CT molecular complexity index is 498. The average Bonchev–Trinajstić information content (AvgIpc) is 2.63. The largest absolute Gasteiger partial charge is 0.468 e. The number of thioether (sulfide) groups is 1. The molecule has 0 aliphatic rings. The smallest absolute Gasteiger partial charge is 0.134 e. The van der Waals surface area contributed by atoms with Gasteiger partial charge in [-0.05, 0) is 24.6 Å². The van der Waals surface area contributed by atoms with Crippen molar-refractivity contribution in [2.24, 2.45) is 0 Å². The van der Waals surface area contributed by atoms with Gasteiger partial charge in [0.15, 0.2) is 0 Å². The fourth-order valence-electron chi connectivity index (χ4n) is 1.23. The van der Waals surface area contributed by atoms with E-state index in [2.05, 4.69) is 4.98 Å². The molecule has 0 fully saturated rings. The van der Waals surface area contributed by atoms with E-state index in [-0.39, 0.29) is 0 Å². The van der Waals surface area contributed by atoms with Crippen molar-refractivity contribution in [2.45, 2.75) is 17.6 Å². The summed E-state index contributed by atoms with van der Waals surface area (Å²) >= 11 is 13.4. The van der Waals surface area contributed by atoms with Crippen LogP contribution in [0.15, 0.2) is 33.8 Å². The molecule has 84 valence electrons. The molecule has 0 aliphatic carbocycles. The molecule has 0 saturated carbocycles. The zero-order valence-corrected chi connectivity index (χ0v) is 10.9. The summed E-state index contributed by atoms with van der Waals surface area (Å²) in [5, 5.41) is 0.874. The average molecular weight is 274 g/mol. The molecule has 0 spiro atoms. The van der Waals surface area contributed by atoms with Crippen LogP contribution >= 0.6 is 35.0 Å². The van der Waals surface area contributed by atoms with Crippen LogP contribution in [0.4, 0.5) is 0 Å². The Balaban J connectivity index is 2.08. The summed E-state index contributed by atoms with van der Waals surface area (Å²) in [6, 6.07) is 5.57. The maximum atomic E-state index is 5.98. The highest BCUT2D eigenvalue weighted by molar-refractivity contribution is 7.98. The molecule has 2 heterocycles. The van der Waals surface area contributed by atoms with E-state index in [1.165, 1.54) is 0 Å². The van der Waals surface area contributed by atoms with Crippen molar-refractivity contribution in [3.8, 4) is 0 Å². The van der Waals surface area contributed by atoms with E-state index in [0.717, 1.165) is 22.0 Å². The minimum Gasteiger partial charge on any atom is -0.468 e. The van der Waals surface area contributed by atoms with E-state index in [1.807, 2.05) is 19.1 Å². The number of nitrogens with zero attached hydrogens (tertiary/aromatic N) is 1. The zero-order valence-electron chi connectivity index (χ0n) is 8.54.